The number of amides is 2. The van der Waals surface area contributed by atoms with Crippen molar-refractivity contribution >= 4 is 12.0 Å². The van der Waals surface area contributed by atoms with E-state index < -0.39 is 5.97 Å². The van der Waals surface area contributed by atoms with E-state index in [1.807, 2.05) is 7.05 Å². The zero-order valence-electron chi connectivity index (χ0n) is 11.5. The molecule has 1 unspecified atom stereocenters. The zero-order valence-corrected chi connectivity index (χ0v) is 11.5. The summed E-state index contributed by atoms with van der Waals surface area (Å²) in [5.41, 5.74) is 0. The Balaban J connectivity index is 3.50. The van der Waals surface area contributed by atoms with Gasteiger partial charge in [-0.1, -0.05) is 6.92 Å². The van der Waals surface area contributed by atoms with Gasteiger partial charge in [0, 0.05) is 32.1 Å². The van der Waals surface area contributed by atoms with Gasteiger partial charge in [-0.05, 0) is 26.8 Å². The Morgan fingerprint density at radius 3 is 2.44 bits per heavy atom. The predicted octanol–water partition coefficient (Wildman–Crippen LogP) is 0.881. The minimum atomic E-state index is -0.840. The molecular weight excluding hydrogens is 234 g/mol. The molecule has 2 amide bonds. The summed E-state index contributed by atoms with van der Waals surface area (Å²) < 4.78 is 0. The monoisotopic (exact) mass is 259 g/mol. The molecule has 6 heteroatoms. The normalized spacial score (nSPS) is 12.2. The fourth-order valence-electron chi connectivity index (χ4n) is 1.38. The van der Waals surface area contributed by atoms with E-state index in [2.05, 4.69) is 29.4 Å². The second-order valence-electron chi connectivity index (χ2n) is 4.42. The van der Waals surface area contributed by atoms with E-state index in [-0.39, 0.29) is 12.5 Å². The zero-order chi connectivity index (χ0) is 14.0. The molecular formula is C12H25N3O3. The van der Waals surface area contributed by atoms with Crippen LogP contribution in [0.3, 0.4) is 0 Å². The molecule has 0 aromatic heterocycles. The molecule has 6 nitrogen and oxygen atoms in total. The average Bonchev–Trinajstić information content (AvgIpc) is 2.33. The highest BCUT2D eigenvalue weighted by molar-refractivity contribution is 5.73. The first-order chi connectivity index (χ1) is 8.47. The van der Waals surface area contributed by atoms with Crippen molar-refractivity contribution in [3.63, 3.8) is 0 Å². The Kier molecular flexibility index (Phi) is 9.00. The maximum Gasteiger partial charge on any atom is 0.314 e. The maximum absolute atomic E-state index is 11.3. The van der Waals surface area contributed by atoms with Crippen molar-refractivity contribution in [2.75, 3.05) is 26.7 Å². The number of carboxylic acid groups (broad SMARTS) is 1. The van der Waals surface area contributed by atoms with Gasteiger partial charge in [-0.3, -0.25) is 4.79 Å². The van der Waals surface area contributed by atoms with E-state index in [1.54, 1.807) is 0 Å². The number of urea groups is 1. The molecule has 1 atom stereocenters. The Labute approximate surface area is 109 Å². The predicted molar refractivity (Wildman–Crippen MR) is 70.7 cm³/mol. The standard InChI is InChI=1S/C12H25N3O3/c1-4-10(2)15(3)9-8-14-12(18)13-7-5-6-11(16)17/h10H,4-9H2,1-3H3,(H,16,17)(H2,13,14,18). The maximum atomic E-state index is 11.3. The van der Waals surface area contributed by atoms with Gasteiger partial charge in [-0.2, -0.15) is 0 Å². The number of aliphatic carboxylic acids is 1. The number of likely N-dealkylation sites (N-methyl/N-ethyl adjacent to an activating group) is 1. The van der Waals surface area contributed by atoms with Gasteiger partial charge in [0.2, 0.25) is 0 Å². The molecule has 0 radical (unpaired) electrons. The minimum absolute atomic E-state index is 0.0804. The van der Waals surface area contributed by atoms with Crippen LogP contribution in [0.1, 0.15) is 33.1 Å². The summed E-state index contributed by atoms with van der Waals surface area (Å²) in [6.07, 6.45) is 1.62. The molecule has 18 heavy (non-hydrogen) atoms. The quantitative estimate of drug-likeness (QED) is 0.537. The smallest absolute Gasteiger partial charge is 0.314 e. The van der Waals surface area contributed by atoms with Crippen LogP contribution in [0.5, 0.6) is 0 Å². The van der Waals surface area contributed by atoms with E-state index in [0.717, 1.165) is 13.0 Å². The highest BCUT2D eigenvalue weighted by Gasteiger charge is 2.06. The van der Waals surface area contributed by atoms with E-state index >= 15 is 0 Å². The van der Waals surface area contributed by atoms with Crippen LogP contribution in [0.15, 0.2) is 0 Å². The molecule has 0 spiro atoms. The Morgan fingerprint density at radius 1 is 1.28 bits per heavy atom. The summed E-state index contributed by atoms with van der Waals surface area (Å²) >= 11 is 0. The molecule has 106 valence electrons. The number of carbonyl (C=O) groups is 2. The van der Waals surface area contributed by atoms with Gasteiger partial charge in [-0.15, -0.1) is 0 Å². The molecule has 0 heterocycles. The second-order valence-corrected chi connectivity index (χ2v) is 4.42. The summed E-state index contributed by atoms with van der Waals surface area (Å²) in [5, 5.41) is 13.8. The lowest BCUT2D eigenvalue weighted by Crippen LogP contribution is -2.41. The van der Waals surface area contributed by atoms with Crippen molar-refractivity contribution in [3.8, 4) is 0 Å². The van der Waals surface area contributed by atoms with Gasteiger partial charge in [0.15, 0.2) is 0 Å². The van der Waals surface area contributed by atoms with Crippen LogP contribution >= 0.6 is 0 Å². The number of hydrogen-bond donors (Lipinski definition) is 3. The number of nitrogens with one attached hydrogen (secondary N) is 2. The number of hydrogen-bond acceptors (Lipinski definition) is 3. The molecule has 3 N–H and O–H groups in total. The van der Waals surface area contributed by atoms with Crippen LogP contribution in [-0.2, 0) is 4.79 Å². The van der Waals surface area contributed by atoms with E-state index in [9.17, 15) is 9.59 Å². The summed E-state index contributed by atoms with van der Waals surface area (Å²) in [5.74, 6) is -0.840. The summed E-state index contributed by atoms with van der Waals surface area (Å²) in [6, 6.07) is 0.267. The van der Waals surface area contributed by atoms with Gasteiger partial charge in [0.05, 0.1) is 0 Å². The molecule has 0 aromatic rings. The van der Waals surface area contributed by atoms with E-state index in [0.29, 0.717) is 25.6 Å². The van der Waals surface area contributed by atoms with Crippen molar-refractivity contribution in [1.29, 1.82) is 0 Å². The van der Waals surface area contributed by atoms with Crippen molar-refractivity contribution in [2.45, 2.75) is 39.2 Å². The molecule has 0 aliphatic carbocycles. The molecule has 0 aromatic carbocycles. The third-order valence-corrected chi connectivity index (χ3v) is 2.95. The van der Waals surface area contributed by atoms with Gasteiger partial charge < -0.3 is 20.6 Å². The Bertz CT molecular complexity index is 259. The lowest BCUT2D eigenvalue weighted by molar-refractivity contribution is -0.137. The summed E-state index contributed by atoms with van der Waals surface area (Å²) in [4.78, 5) is 23.8. The van der Waals surface area contributed by atoms with Crippen molar-refractivity contribution in [1.82, 2.24) is 15.5 Å². The van der Waals surface area contributed by atoms with Crippen LogP contribution in [0, 0.1) is 0 Å². The van der Waals surface area contributed by atoms with Crippen LogP contribution in [0.4, 0.5) is 4.79 Å². The average molecular weight is 259 g/mol. The van der Waals surface area contributed by atoms with Crippen LogP contribution in [0.2, 0.25) is 0 Å². The third-order valence-electron chi connectivity index (χ3n) is 2.95. The van der Waals surface area contributed by atoms with Crippen LogP contribution in [0.25, 0.3) is 0 Å². The topological polar surface area (TPSA) is 81.7 Å². The lowest BCUT2D eigenvalue weighted by atomic mass is 10.2. The van der Waals surface area contributed by atoms with Crippen molar-refractivity contribution in [2.24, 2.45) is 0 Å². The summed E-state index contributed by atoms with van der Waals surface area (Å²) in [7, 11) is 2.03. The molecule has 0 aliphatic heterocycles. The largest absolute Gasteiger partial charge is 0.481 e. The molecule has 0 fully saturated rings. The van der Waals surface area contributed by atoms with E-state index in [4.69, 9.17) is 5.11 Å². The first-order valence-corrected chi connectivity index (χ1v) is 6.41. The number of rotatable bonds is 9. The first kappa shape index (κ1) is 16.7. The number of carbonyl (C=O) groups excluding carboxylic acids is 1. The van der Waals surface area contributed by atoms with Crippen LogP contribution in [-0.4, -0.2) is 54.7 Å². The second kappa shape index (κ2) is 9.70. The molecule has 0 aliphatic rings. The Hall–Kier alpha value is -1.30. The highest BCUT2D eigenvalue weighted by Crippen LogP contribution is 1.97. The van der Waals surface area contributed by atoms with Crippen LogP contribution < -0.4 is 10.6 Å². The minimum Gasteiger partial charge on any atom is -0.481 e. The van der Waals surface area contributed by atoms with Gasteiger partial charge in [-0.25, -0.2) is 4.79 Å². The van der Waals surface area contributed by atoms with Crippen molar-refractivity contribution < 1.29 is 14.7 Å². The van der Waals surface area contributed by atoms with Gasteiger partial charge in [0.1, 0.15) is 0 Å². The number of carboxylic acids is 1. The van der Waals surface area contributed by atoms with Gasteiger partial charge in [0.25, 0.3) is 0 Å². The molecule has 0 saturated heterocycles. The molecule has 0 bridgehead atoms. The fourth-order valence-corrected chi connectivity index (χ4v) is 1.38. The fraction of sp³-hybridized carbons (Fsp3) is 0.833. The third kappa shape index (κ3) is 8.81. The molecule has 0 rings (SSSR count). The summed E-state index contributed by atoms with van der Waals surface area (Å²) in [6.45, 7) is 6.05. The SMILES string of the molecule is CCC(C)N(C)CCNC(=O)NCCCC(=O)O. The first-order valence-electron chi connectivity index (χ1n) is 6.41. The lowest BCUT2D eigenvalue weighted by Gasteiger charge is -2.23. The highest BCUT2D eigenvalue weighted by atomic mass is 16.4. The molecule has 0 saturated carbocycles. The number of nitrogens with zero attached hydrogens (tertiary/aromatic N) is 1. The van der Waals surface area contributed by atoms with E-state index in [1.165, 1.54) is 0 Å². The Morgan fingerprint density at radius 2 is 1.89 bits per heavy atom. The van der Waals surface area contributed by atoms with Crippen molar-refractivity contribution in [3.05, 3.63) is 0 Å². The van der Waals surface area contributed by atoms with Gasteiger partial charge >= 0.3 is 12.0 Å².